The van der Waals surface area contributed by atoms with Crippen LogP contribution >= 0.6 is 11.6 Å². The molecule has 1 aromatic carbocycles. The lowest BCUT2D eigenvalue weighted by atomic mass is 10.0. The quantitative estimate of drug-likeness (QED) is 0.332. The standard InChI is InChI=1S/C25H25ClN4O6S/c1-12(2)34-25-28-10-16(11-29-25)22-14(4)21(31)18-9-13(3)8-17(23(18)36-22)15(5)35-19-6-7-20(26)30-24(19)37(27,32)33/h6-12,15H,1-5H3,(H2,27,32,33)/t15-/m1/s1. The van der Waals surface area contributed by atoms with Crippen molar-refractivity contribution in [1.82, 2.24) is 15.0 Å². The molecule has 0 amide bonds. The molecule has 0 aliphatic carbocycles. The number of pyridine rings is 1. The van der Waals surface area contributed by atoms with Gasteiger partial charge >= 0.3 is 6.01 Å². The van der Waals surface area contributed by atoms with Crippen LogP contribution in [-0.2, 0) is 10.0 Å². The molecule has 2 N–H and O–H groups in total. The highest BCUT2D eigenvalue weighted by Crippen LogP contribution is 2.34. The van der Waals surface area contributed by atoms with E-state index in [1.54, 1.807) is 26.0 Å². The van der Waals surface area contributed by atoms with Gasteiger partial charge in [-0.2, -0.15) is 0 Å². The highest BCUT2D eigenvalue weighted by molar-refractivity contribution is 7.89. The van der Waals surface area contributed by atoms with E-state index in [2.05, 4.69) is 15.0 Å². The zero-order chi connectivity index (χ0) is 27.1. The number of nitrogens with zero attached hydrogens (tertiary/aromatic N) is 3. The fourth-order valence-corrected chi connectivity index (χ4v) is 4.62. The van der Waals surface area contributed by atoms with Crippen molar-refractivity contribution in [2.45, 2.75) is 51.9 Å². The number of sulfonamides is 1. The van der Waals surface area contributed by atoms with Gasteiger partial charge in [0.2, 0.25) is 5.03 Å². The molecule has 0 fully saturated rings. The summed E-state index contributed by atoms with van der Waals surface area (Å²) in [5.41, 5.74) is 2.24. The van der Waals surface area contributed by atoms with Crippen LogP contribution in [0.3, 0.4) is 0 Å². The average molecular weight is 545 g/mol. The van der Waals surface area contributed by atoms with E-state index in [1.807, 2.05) is 20.8 Å². The Kier molecular flexibility index (Phi) is 7.22. The molecule has 37 heavy (non-hydrogen) atoms. The maximum Gasteiger partial charge on any atom is 0.316 e. The van der Waals surface area contributed by atoms with Gasteiger partial charge in [0.1, 0.15) is 22.6 Å². The first-order valence-electron chi connectivity index (χ1n) is 11.3. The number of halogens is 1. The molecule has 10 nitrogen and oxygen atoms in total. The van der Waals surface area contributed by atoms with Crippen molar-refractivity contribution in [2.24, 2.45) is 5.14 Å². The number of hydrogen-bond donors (Lipinski definition) is 1. The van der Waals surface area contributed by atoms with Crippen molar-refractivity contribution < 1.29 is 22.3 Å². The van der Waals surface area contributed by atoms with Gasteiger partial charge in [0, 0.05) is 23.5 Å². The van der Waals surface area contributed by atoms with Crippen LogP contribution < -0.4 is 20.0 Å². The molecular formula is C25H25ClN4O6S. The van der Waals surface area contributed by atoms with Gasteiger partial charge in [0.05, 0.1) is 17.1 Å². The molecule has 1 atom stereocenters. The van der Waals surface area contributed by atoms with Gasteiger partial charge in [-0.15, -0.1) is 0 Å². The molecule has 4 aromatic rings. The fraction of sp³-hybridized carbons (Fsp3) is 0.280. The number of ether oxygens (including phenoxy) is 2. The fourth-order valence-electron chi connectivity index (χ4n) is 3.80. The lowest BCUT2D eigenvalue weighted by molar-refractivity contribution is 0.219. The van der Waals surface area contributed by atoms with Crippen LogP contribution in [0.15, 0.2) is 50.9 Å². The normalized spacial score (nSPS) is 12.6. The van der Waals surface area contributed by atoms with Gasteiger partial charge in [-0.3, -0.25) is 4.79 Å². The van der Waals surface area contributed by atoms with Crippen LogP contribution in [0.4, 0.5) is 0 Å². The summed E-state index contributed by atoms with van der Waals surface area (Å²) in [7, 11) is -4.22. The molecule has 0 bridgehead atoms. The summed E-state index contributed by atoms with van der Waals surface area (Å²) in [6.45, 7) is 8.92. The summed E-state index contributed by atoms with van der Waals surface area (Å²) in [6.07, 6.45) is 2.19. The summed E-state index contributed by atoms with van der Waals surface area (Å²) >= 11 is 5.86. The highest BCUT2D eigenvalue weighted by atomic mass is 35.5. The topological polar surface area (TPSA) is 148 Å². The highest BCUT2D eigenvalue weighted by Gasteiger charge is 2.24. The van der Waals surface area contributed by atoms with Crippen LogP contribution in [0.1, 0.15) is 43.6 Å². The Labute approximate surface area is 218 Å². The van der Waals surface area contributed by atoms with Gasteiger partial charge in [0.15, 0.2) is 11.2 Å². The maximum atomic E-state index is 13.4. The largest absolute Gasteiger partial charge is 0.483 e. The molecule has 0 saturated heterocycles. The van der Waals surface area contributed by atoms with E-state index in [1.165, 1.54) is 24.5 Å². The molecule has 3 aromatic heterocycles. The molecule has 0 saturated carbocycles. The first-order chi connectivity index (χ1) is 17.3. The van der Waals surface area contributed by atoms with Gasteiger partial charge in [-0.25, -0.2) is 28.5 Å². The van der Waals surface area contributed by atoms with E-state index < -0.39 is 21.2 Å². The van der Waals surface area contributed by atoms with E-state index in [4.69, 9.17) is 30.6 Å². The Bertz CT molecular complexity index is 1650. The smallest absolute Gasteiger partial charge is 0.316 e. The van der Waals surface area contributed by atoms with Gasteiger partial charge in [-0.05, 0) is 64.4 Å². The third-order valence-electron chi connectivity index (χ3n) is 5.43. The molecule has 0 unspecified atom stereocenters. The second-order valence-corrected chi connectivity index (χ2v) is 10.6. The number of primary sulfonamides is 1. The van der Waals surface area contributed by atoms with E-state index in [0.717, 1.165) is 5.56 Å². The predicted molar refractivity (Wildman–Crippen MR) is 138 cm³/mol. The summed E-state index contributed by atoms with van der Waals surface area (Å²) in [4.78, 5) is 25.6. The lowest BCUT2D eigenvalue weighted by Crippen LogP contribution is -2.17. The van der Waals surface area contributed by atoms with Gasteiger partial charge < -0.3 is 13.9 Å². The SMILES string of the molecule is Cc1cc([C@@H](C)Oc2ccc(Cl)nc2S(N)(=O)=O)c2oc(-c3cnc(OC(C)C)nc3)c(C)c(=O)c2c1. The van der Waals surface area contributed by atoms with Crippen LogP contribution in [0.25, 0.3) is 22.3 Å². The molecular weight excluding hydrogens is 520 g/mol. The summed E-state index contributed by atoms with van der Waals surface area (Å²) < 4.78 is 41.8. The van der Waals surface area contributed by atoms with Crippen molar-refractivity contribution in [3.8, 4) is 23.1 Å². The number of rotatable bonds is 7. The Balaban J connectivity index is 1.84. The number of hydrogen-bond acceptors (Lipinski definition) is 9. The van der Waals surface area contributed by atoms with Crippen LogP contribution in [0, 0.1) is 13.8 Å². The lowest BCUT2D eigenvalue weighted by Gasteiger charge is -2.19. The number of nitrogens with two attached hydrogens (primary N) is 1. The zero-order valence-electron chi connectivity index (χ0n) is 20.8. The van der Waals surface area contributed by atoms with Crippen molar-refractivity contribution in [3.63, 3.8) is 0 Å². The molecule has 12 heteroatoms. The van der Waals surface area contributed by atoms with Gasteiger partial charge in [-0.1, -0.05) is 11.6 Å². The third-order valence-corrected chi connectivity index (χ3v) is 6.47. The molecule has 0 radical (unpaired) electrons. The second-order valence-electron chi connectivity index (χ2n) is 8.78. The van der Waals surface area contributed by atoms with Crippen molar-refractivity contribution >= 4 is 32.6 Å². The van der Waals surface area contributed by atoms with Crippen molar-refractivity contribution in [3.05, 3.63) is 68.7 Å². The molecule has 3 heterocycles. The molecule has 0 spiro atoms. The van der Waals surface area contributed by atoms with E-state index in [0.29, 0.717) is 27.8 Å². The summed E-state index contributed by atoms with van der Waals surface area (Å²) in [5, 5.41) is 5.11. The Morgan fingerprint density at radius 2 is 1.73 bits per heavy atom. The summed E-state index contributed by atoms with van der Waals surface area (Å²) in [5.74, 6) is 0.210. The average Bonchev–Trinajstić information content (AvgIpc) is 2.82. The van der Waals surface area contributed by atoms with Crippen LogP contribution in [-0.4, -0.2) is 29.5 Å². The van der Waals surface area contributed by atoms with Crippen LogP contribution in [0.5, 0.6) is 11.8 Å². The minimum absolute atomic E-state index is 0.0526. The van der Waals surface area contributed by atoms with Crippen molar-refractivity contribution in [2.75, 3.05) is 0 Å². The molecule has 0 aliphatic heterocycles. The minimum atomic E-state index is -4.22. The first kappa shape index (κ1) is 26.5. The van der Waals surface area contributed by atoms with Crippen molar-refractivity contribution in [1.29, 1.82) is 0 Å². The number of benzene rings is 1. The Morgan fingerprint density at radius 1 is 1.05 bits per heavy atom. The van der Waals surface area contributed by atoms with E-state index in [9.17, 15) is 13.2 Å². The maximum absolute atomic E-state index is 13.4. The first-order valence-corrected chi connectivity index (χ1v) is 13.2. The number of aryl methyl sites for hydroxylation is 1. The summed E-state index contributed by atoms with van der Waals surface area (Å²) in [6, 6.07) is 6.49. The Morgan fingerprint density at radius 3 is 2.35 bits per heavy atom. The molecule has 194 valence electrons. The number of fused-ring (bicyclic) bond motifs is 1. The minimum Gasteiger partial charge on any atom is -0.483 e. The molecule has 0 aliphatic rings. The van der Waals surface area contributed by atoms with E-state index in [-0.39, 0.29) is 34.0 Å². The monoisotopic (exact) mass is 544 g/mol. The Hall–Kier alpha value is -3.54. The molecule has 4 rings (SSSR count). The van der Waals surface area contributed by atoms with E-state index >= 15 is 0 Å². The predicted octanol–water partition coefficient (Wildman–Crippen LogP) is 4.49. The number of aromatic nitrogens is 3. The zero-order valence-corrected chi connectivity index (χ0v) is 22.3. The third kappa shape index (κ3) is 5.58. The second kappa shape index (κ2) is 10.1. The van der Waals surface area contributed by atoms with Crippen LogP contribution in [0.2, 0.25) is 5.15 Å². The van der Waals surface area contributed by atoms with Gasteiger partial charge in [0.25, 0.3) is 10.0 Å².